The van der Waals surface area contributed by atoms with Crippen molar-refractivity contribution in [2.45, 2.75) is 51.4 Å². The molecule has 8 heteroatoms. The lowest BCUT2D eigenvalue weighted by Gasteiger charge is -2.20. The lowest BCUT2D eigenvalue weighted by atomic mass is 9.98. The van der Waals surface area contributed by atoms with Gasteiger partial charge < -0.3 is 15.1 Å². The van der Waals surface area contributed by atoms with E-state index in [-0.39, 0.29) is 49.3 Å². The monoisotopic (exact) mass is 358 g/mol. The van der Waals surface area contributed by atoms with Gasteiger partial charge in [0, 0.05) is 37.8 Å². The summed E-state index contributed by atoms with van der Waals surface area (Å²) in [7, 11) is 0. The summed E-state index contributed by atoms with van der Waals surface area (Å²) in [6, 6.07) is 2.40. The van der Waals surface area contributed by atoms with Crippen LogP contribution < -0.4 is 0 Å². The first-order valence-electron chi connectivity index (χ1n) is 8.20. The number of nitrogens with zero attached hydrogens (tertiary/aromatic N) is 2. The molecule has 0 aromatic heterocycles. The van der Waals surface area contributed by atoms with Crippen LogP contribution >= 0.6 is 0 Å². The maximum atomic E-state index is 13.5. The lowest BCUT2D eigenvalue weighted by Crippen LogP contribution is -2.30. The normalized spacial score (nSPS) is 24.5. The molecule has 3 rings (SSSR count). The number of alkyl halides is 3. The third-order valence-electron chi connectivity index (χ3n) is 4.80. The number of carbonyl (C=O) groups excluding carboxylic acids is 1. The van der Waals surface area contributed by atoms with E-state index in [0.717, 1.165) is 6.07 Å². The second kappa shape index (κ2) is 6.26. The molecule has 1 aromatic carbocycles. The number of amides is 1. The molecule has 0 radical (unpaired) electrons. The van der Waals surface area contributed by atoms with E-state index in [0.29, 0.717) is 5.56 Å². The first kappa shape index (κ1) is 18.2. The van der Waals surface area contributed by atoms with Crippen LogP contribution in [0, 0.1) is 0 Å². The summed E-state index contributed by atoms with van der Waals surface area (Å²) in [6.45, 7) is 4.01. The summed E-state index contributed by atoms with van der Waals surface area (Å²) < 4.78 is 40.5. The van der Waals surface area contributed by atoms with E-state index in [2.05, 4.69) is 0 Å². The van der Waals surface area contributed by atoms with E-state index < -0.39 is 23.9 Å². The molecule has 138 valence electrons. The molecular weight excluding hydrogens is 337 g/mol. The van der Waals surface area contributed by atoms with Crippen molar-refractivity contribution in [1.82, 2.24) is 9.80 Å². The molecule has 1 saturated heterocycles. The molecule has 2 N–H and O–H groups in total. The van der Waals surface area contributed by atoms with E-state index in [4.69, 9.17) is 0 Å². The van der Waals surface area contributed by atoms with Crippen molar-refractivity contribution in [3.05, 3.63) is 34.4 Å². The number of β-amino-alcohol motifs (C(OH)–C–C–N with tert-alkyl or cyclic N) is 2. The molecule has 5 nitrogen and oxygen atoms in total. The van der Waals surface area contributed by atoms with Crippen LogP contribution in [0.4, 0.5) is 13.2 Å². The number of likely N-dealkylation sites (tertiary alicyclic amines) is 1. The van der Waals surface area contributed by atoms with Crippen LogP contribution in [-0.4, -0.2) is 57.3 Å². The van der Waals surface area contributed by atoms with E-state index in [1.807, 2.05) is 0 Å². The van der Waals surface area contributed by atoms with Crippen LogP contribution in [-0.2, 0) is 19.3 Å². The zero-order valence-corrected chi connectivity index (χ0v) is 14.0. The number of rotatable bonds is 3. The Kier molecular flexibility index (Phi) is 4.55. The molecule has 2 atom stereocenters. The highest BCUT2D eigenvalue weighted by atomic mass is 19.4. The van der Waals surface area contributed by atoms with Gasteiger partial charge in [-0.05, 0) is 37.1 Å². The van der Waals surface area contributed by atoms with Gasteiger partial charge in [-0.15, -0.1) is 0 Å². The average Bonchev–Trinajstić information content (AvgIpc) is 2.98. The number of hydrogen-bond donors (Lipinski definition) is 2. The van der Waals surface area contributed by atoms with Gasteiger partial charge in [-0.25, -0.2) is 0 Å². The van der Waals surface area contributed by atoms with E-state index >= 15 is 0 Å². The Hall–Kier alpha value is -1.64. The largest absolute Gasteiger partial charge is 0.416 e. The van der Waals surface area contributed by atoms with Crippen LogP contribution in [0.1, 0.15) is 40.9 Å². The van der Waals surface area contributed by atoms with Gasteiger partial charge in [0.05, 0.1) is 17.8 Å². The Labute approximate surface area is 143 Å². The fourth-order valence-electron chi connectivity index (χ4n) is 3.49. The van der Waals surface area contributed by atoms with Crippen LogP contribution in [0.15, 0.2) is 12.1 Å². The number of fused-ring (bicyclic) bond motifs is 1. The van der Waals surface area contributed by atoms with Gasteiger partial charge in [-0.2, -0.15) is 13.2 Å². The standard InChI is InChI=1S/C17H21F3N2O3/c1-9(2)22-6-12-11(16(22)25)3-10(4-13(12)17(18,19)20)5-21-7-14(23)15(24)8-21/h3-4,9,14-15,23-24H,5-8H2,1-2H3. The van der Waals surface area contributed by atoms with Crippen molar-refractivity contribution in [3.8, 4) is 0 Å². The molecular formula is C17H21F3N2O3. The number of aliphatic hydroxyl groups excluding tert-OH is 2. The smallest absolute Gasteiger partial charge is 0.389 e. The van der Waals surface area contributed by atoms with Gasteiger partial charge in [0.2, 0.25) is 0 Å². The Morgan fingerprint density at radius 3 is 2.32 bits per heavy atom. The molecule has 0 bridgehead atoms. The second-order valence-electron chi connectivity index (χ2n) is 7.02. The van der Waals surface area contributed by atoms with Gasteiger partial charge in [0.1, 0.15) is 0 Å². The van der Waals surface area contributed by atoms with Gasteiger partial charge in [-0.3, -0.25) is 9.69 Å². The summed E-state index contributed by atoms with van der Waals surface area (Å²) in [5.41, 5.74) is -0.307. The maximum absolute atomic E-state index is 13.5. The van der Waals surface area contributed by atoms with Crippen LogP contribution in [0.3, 0.4) is 0 Å². The van der Waals surface area contributed by atoms with Gasteiger partial charge in [0.25, 0.3) is 5.91 Å². The Bertz CT molecular complexity index is 680. The summed E-state index contributed by atoms with van der Waals surface area (Å²) in [5.74, 6) is -0.390. The van der Waals surface area contributed by atoms with Crippen molar-refractivity contribution in [2.24, 2.45) is 0 Å². The highest BCUT2D eigenvalue weighted by molar-refractivity contribution is 5.99. The van der Waals surface area contributed by atoms with E-state index in [1.54, 1.807) is 18.7 Å². The van der Waals surface area contributed by atoms with Gasteiger partial charge in [-0.1, -0.05) is 0 Å². The molecule has 25 heavy (non-hydrogen) atoms. The number of hydrogen-bond acceptors (Lipinski definition) is 4. The molecule has 0 aliphatic carbocycles. The summed E-state index contributed by atoms with van der Waals surface area (Å²) in [4.78, 5) is 15.6. The summed E-state index contributed by atoms with van der Waals surface area (Å²) in [5, 5.41) is 19.2. The predicted molar refractivity (Wildman–Crippen MR) is 83.7 cm³/mol. The molecule has 2 unspecified atom stereocenters. The molecule has 2 aliphatic heterocycles. The molecule has 2 heterocycles. The van der Waals surface area contributed by atoms with Gasteiger partial charge in [0.15, 0.2) is 0 Å². The zero-order chi connectivity index (χ0) is 18.5. The Morgan fingerprint density at radius 1 is 1.20 bits per heavy atom. The van der Waals surface area contributed by atoms with Crippen molar-refractivity contribution in [3.63, 3.8) is 0 Å². The highest BCUT2D eigenvalue weighted by Crippen LogP contribution is 2.39. The maximum Gasteiger partial charge on any atom is 0.416 e. The quantitative estimate of drug-likeness (QED) is 0.862. The average molecular weight is 358 g/mol. The minimum atomic E-state index is -4.54. The number of halogens is 3. The molecule has 1 aromatic rings. The molecule has 0 spiro atoms. The van der Waals surface area contributed by atoms with Crippen LogP contribution in [0.2, 0.25) is 0 Å². The first-order valence-corrected chi connectivity index (χ1v) is 8.20. The molecule has 1 fully saturated rings. The van der Waals surface area contributed by atoms with E-state index in [1.165, 1.54) is 11.0 Å². The highest BCUT2D eigenvalue weighted by Gasteiger charge is 2.41. The van der Waals surface area contributed by atoms with Crippen LogP contribution in [0.5, 0.6) is 0 Å². The predicted octanol–water partition coefficient (Wildman–Crippen LogP) is 1.61. The molecule has 2 aliphatic rings. The fourth-order valence-corrected chi connectivity index (χ4v) is 3.49. The zero-order valence-electron chi connectivity index (χ0n) is 14.0. The SMILES string of the molecule is CC(C)N1Cc2c(cc(CN3CC(O)C(O)C3)cc2C(F)(F)F)C1=O. The van der Waals surface area contributed by atoms with Crippen molar-refractivity contribution < 1.29 is 28.2 Å². The number of carbonyl (C=O) groups is 1. The third kappa shape index (κ3) is 3.38. The Morgan fingerprint density at radius 2 is 1.80 bits per heavy atom. The lowest BCUT2D eigenvalue weighted by molar-refractivity contribution is -0.138. The van der Waals surface area contributed by atoms with Gasteiger partial charge >= 0.3 is 6.18 Å². The van der Waals surface area contributed by atoms with Crippen molar-refractivity contribution >= 4 is 5.91 Å². The summed E-state index contributed by atoms with van der Waals surface area (Å²) >= 11 is 0. The van der Waals surface area contributed by atoms with Crippen molar-refractivity contribution in [2.75, 3.05) is 13.1 Å². The second-order valence-corrected chi connectivity index (χ2v) is 7.02. The summed E-state index contributed by atoms with van der Waals surface area (Å²) in [6.07, 6.45) is -6.36. The molecule has 1 amide bonds. The topological polar surface area (TPSA) is 64.0 Å². The third-order valence-corrected chi connectivity index (χ3v) is 4.80. The first-order chi connectivity index (χ1) is 11.6. The van der Waals surface area contributed by atoms with Crippen LogP contribution in [0.25, 0.3) is 0 Å². The number of aliphatic hydroxyl groups is 2. The minimum absolute atomic E-state index is 0.0245. The van der Waals surface area contributed by atoms with Crippen molar-refractivity contribution in [1.29, 1.82) is 0 Å². The molecule has 0 saturated carbocycles. The Balaban J connectivity index is 1.96. The minimum Gasteiger partial charge on any atom is -0.389 e. The fraction of sp³-hybridized carbons (Fsp3) is 0.588. The van der Waals surface area contributed by atoms with E-state index in [9.17, 15) is 28.2 Å². The number of benzene rings is 1.